The summed E-state index contributed by atoms with van der Waals surface area (Å²) in [5.41, 5.74) is 2.40. The van der Waals surface area contributed by atoms with Gasteiger partial charge in [0.25, 0.3) is 0 Å². The van der Waals surface area contributed by atoms with Crippen LogP contribution in [0.5, 0.6) is 5.75 Å². The van der Waals surface area contributed by atoms with Gasteiger partial charge in [-0.3, -0.25) is 4.98 Å². The molecule has 1 N–H and O–H groups in total. The van der Waals surface area contributed by atoms with Gasteiger partial charge >= 0.3 is 0 Å². The normalized spacial score (nSPS) is 15.0. The van der Waals surface area contributed by atoms with Crippen LogP contribution in [-0.4, -0.2) is 16.7 Å². The molecule has 0 spiro atoms. The second-order valence-electron chi connectivity index (χ2n) is 4.24. The van der Waals surface area contributed by atoms with Crippen molar-refractivity contribution in [3.63, 3.8) is 0 Å². The first kappa shape index (κ1) is 11.5. The Morgan fingerprint density at radius 2 is 2.22 bits per heavy atom. The molecule has 2 heterocycles. The molecule has 1 unspecified atom stereocenters. The number of ether oxygens (including phenoxy) is 1. The third-order valence-corrected chi connectivity index (χ3v) is 3.39. The quantitative estimate of drug-likeness (QED) is 0.904. The van der Waals surface area contributed by atoms with Crippen molar-refractivity contribution in [2.75, 3.05) is 6.61 Å². The smallest absolute Gasteiger partial charge is 0.122 e. The third-order valence-electron chi connectivity index (χ3n) is 3.08. The van der Waals surface area contributed by atoms with E-state index < -0.39 is 6.10 Å². The fourth-order valence-electron chi connectivity index (χ4n) is 2.13. The lowest BCUT2D eigenvalue weighted by Gasteiger charge is -2.12. The Bertz CT molecular complexity index is 586. The van der Waals surface area contributed by atoms with Crippen molar-refractivity contribution >= 4 is 11.6 Å². The number of rotatable bonds is 2. The minimum Gasteiger partial charge on any atom is -0.493 e. The summed E-state index contributed by atoms with van der Waals surface area (Å²) in [5, 5.41) is 10.8. The van der Waals surface area contributed by atoms with Gasteiger partial charge in [-0.2, -0.15) is 0 Å². The topological polar surface area (TPSA) is 42.4 Å². The molecule has 92 valence electrons. The highest BCUT2D eigenvalue weighted by molar-refractivity contribution is 6.31. The van der Waals surface area contributed by atoms with Crippen molar-refractivity contribution in [3.8, 4) is 5.75 Å². The highest BCUT2D eigenvalue weighted by Crippen LogP contribution is 2.31. The number of fused-ring (bicyclic) bond motifs is 1. The van der Waals surface area contributed by atoms with Crippen molar-refractivity contribution in [3.05, 3.63) is 58.4 Å². The van der Waals surface area contributed by atoms with E-state index in [1.807, 2.05) is 18.2 Å². The summed E-state index contributed by atoms with van der Waals surface area (Å²) in [5.74, 6) is 0.901. The van der Waals surface area contributed by atoms with Crippen molar-refractivity contribution in [2.24, 2.45) is 0 Å². The van der Waals surface area contributed by atoms with E-state index in [0.717, 1.165) is 23.3 Å². The summed E-state index contributed by atoms with van der Waals surface area (Å²) in [7, 11) is 0. The first-order valence-electron chi connectivity index (χ1n) is 5.80. The predicted octanol–water partition coefficient (Wildman–Crippen LogP) is 2.75. The molecule has 4 heteroatoms. The summed E-state index contributed by atoms with van der Waals surface area (Å²) >= 11 is 6.04. The lowest BCUT2D eigenvalue weighted by atomic mass is 10.0. The molecule has 0 saturated heterocycles. The molecule has 1 aliphatic heterocycles. The van der Waals surface area contributed by atoms with Crippen molar-refractivity contribution < 1.29 is 9.84 Å². The van der Waals surface area contributed by atoms with E-state index in [1.54, 1.807) is 18.3 Å². The van der Waals surface area contributed by atoms with E-state index in [0.29, 0.717) is 17.3 Å². The lowest BCUT2D eigenvalue weighted by molar-refractivity contribution is 0.215. The molecule has 1 aromatic carbocycles. The summed E-state index contributed by atoms with van der Waals surface area (Å²) < 4.78 is 5.44. The zero-order valence-corrected chi connectivity index (χ0v) is 10.4. The van der Waals surface area contributed by atoms with Crippen LogP contribution in [0.25, 0.3) is 0 Å². The van der Waals surface area contributed by atoms with Crippen molar-refractivity contribution in [1.82, 2.24) is 4.98 Å². The van der Waals surface area contributed by atoms with Crippen LogP contribution in [0.2, 0.25) is 5.02 Å². The van der Waals surface area contributed by atoms with Gasteiger partial charge < -0.3 is 9.84 Å². The fraction of sp³-hybridized carbons (Fsp3) is 0.214. The van der Waals surface area contributed by atoms with Gasteiger partial charge in [-0.15, -0.1) is 0 Å². The largest absolute Gasteiger partial charge is 0.493 e. The van der Waals surface area contributed by atoms with Gasteiger partial charge in [0.05, 0.1) is 17.3 Å². The van der Waals surface area contributed by atoms with Gasteiger partial charge in [-0.25, -0.2) is 0 Å². The van der Waals surface area contributed by atoms with Gasteiger partial charge in [0.2, 0.25) is 0 Å². The molecule has 0 aliphatic carbocycles. The number of nitrogens with zero attached hydrogens (tertiary/aromatic N) is 1. The maximum atomic E-state index is 10.3. The monoisotopic (exact) mass is 261 g/mol. The number of aliphatic hydroxyl groups excluding tert-OH is 1. The van der Waals surface area contributed by atoms with Crippen LogP contribution in [0, 0.1) is 0 Å². The molecule has 1 aromatic heterocycles. The Morgan fingerprint density at radius 3 is 3.06 bits per heavy atom. The molecule has 0 fully saturated rings. The highest BCUT2D eigenvalue weighted by Gasteiger charge is 2.18. The summed E-state index contributed by atoms with van der Waals surface area (Å²) in [6, 6.07) is 9.16. The molecule has 0 saturated carbocycles. The maximum Gasteiger partial charge on any atom is 0.122 e. The molecule has 3 rings (SSSR count). The number of aromatic nitrogens is 1. The number of hydrogen-bond donors (Lipinski definition) is 1. The van der Waals surface area contributed by atoms with Crippen LogP contribution < -0.4 is 4.74 Å². The maximum absolute atomic E-state index is 10.3. The van der Waals surface area contributed by atoms with Crippen LogP contribution in [0.1, 0.15) is 22.9 Å². The third kappa shape index (κ3) is 1.96. The van der Waals surface area contributed by atoms with Gasteiger partial charge in [0.15, 0.2) is 0 Å². The second-order valence-corrected chi connectivity index (χ2v) is 4.65. The van der Waals surface area contributed by atoms with E-state index >= 15 is 0 Å². The standard InChI is InChI=1S/C14H12ClNO2/c15-11-2-1-6-16-13(11)14(17)10-3-4-12-9(8-10)5-7-18-12/h1-4,6,8,14,17H,5,7H2. The molecular weight excluding hydrogens is 250 g/mol. The van der Waals surface area contributed by atoms with Gasteiger partial charge in [-0.05, 0) is 35.4 Å². The van der Waals surface area contributed by atoms with E-state index in [2.05, 4.69) is 4.98 Å². The van der Waals surface area contributed by atoms with Gasteiger partial charge in [0.1, 0.15) is 11.9 Å². The van der Waals surface area contributed by atoms with Crippen molar-refractivity contribution in [2.45, 2.75) is 12.5 Å². The summed E-state index contributed by atoms with van der Waals surface area (Å²) in [6.45, 7) is 0.708. The highest BCUT2D eigenvalue weighted by atomic mass is 35.5. The number of pyridine rings is 1. The average molecular weight is 262 g/mol. The van der Waals surface area contributed by atoms with E-state index in [1.165, 1.54) is 0 Å². The second kappa shape index (κ2) is 4.59. The predicted molar refractivity (Wildman–Crippen MR) is 68.9 cm³/mol. The minimum atomic E-state index is -0.801. The van der Waals surface area contributed by atoms with Crippen LogP contribution >= 0.6 is 11.6 Å². The minimum absolute atomic E-state index is 0.474. The molecule has 18 heavy (non-hydrogen) atoms. The average Bonchev–Trinajstić information content (AvgIpc) is 2.85. The number of aliphatic hydroxyl groups is 1. The van der Waals surface area contributed by atoms with Crippen LogP contribution in [0.4, 0.5) is 0 Å². The molecule has 2 aromatic rings. The van der Waals surface area contributed by atoms with E-state index in [9.17, 15) is 5.11 Å². The van der Waals surface area contributed by atoms with Crippen LogP contribution in [0.3, 0.4) is 0 Å². The summed E-state index contributed by atoms with van der Waals surface area (Å²) in [4.78, 5) is 4.13. The van der Waals surface area contributed by atoms with Crippen LogP contribution in [-0.2, 0) is 6.42 Å². The van der Waals surface area contributed by atoms with E-state index in [4.69, 9.17) is 16.3 Å². The zero-order chi connectivity index (χ0) is 12.5. The first-order valence-corrected chi connectivity index (χ1v) is 6.17. The Balaban J connectivity index is 1.98. The Labute approximate surface area is 110 Å². The lowest BCUT2D eigenvalue weighted by Crippen LogP contribution is -2.03. The summed E-state index contributed by atoms with van der Waals surface area (Å²) in [6.07, 6.45) is 1.71. The zero-order valence-electron chi connectivity index (χ0n) is 9.64. The number of benzene rings is 1. The molecule has 0 amide bonds. The van der Waals surface area contributed by atoms with E-state index in [-0.39, 0.29) is 0 Å². The molecule has 3 nitrogen and oxygen atoms in total. The van der Waals surface area contributed by atoms with Crippen LogP contribution in [0.15, 0.2) is 36.5 Å². The first-order chi connectivity index (χ1) is 8.75. The molecular formula is C14H12ClNO2. The molecule has 0 bridgehead atoms. The molecule has 1 atom stereocenters. The Hall–Kier alpha value is -1.58. The SMILES string of the molecule is OC(c1ccc2c(c1)CCO2)c1ncccc1Cl. The van der Waals surface area contributed by atoms with Gasteiger partial charge in [0, 0.05) is 12.6 Å². The molecule has 0 radical (unpaired) electrons. The number of halogens is 1. The van der Waals surface area contributed by atoms with Gasteiger partial charge in [-0.1, -0.05) is 17.7 Å². The van der Waals surface area contributed by atoms with Crippen molar-refractivity contribution in [1.29, 1.82) is 0 Å². The Morgan fingerprint density at radius 1 is 1.33 bits per heavy atom. The number of hydrogen-bond acceptors (Lipinski definition) is 3. The Kier molecular flexibility index (Phi) is 2.94. The molecule has 1 aliphatic rings. The fourth-order valence-corrected chi connectivity index (χ4v) is 2.36.